The van der Waals surface area contributed by atoms with Crippen LogP contribution in [0.1, 0.15) is 49.1 Å². The van der Waals surface area contributed by atoms with Gasteiger partial charge in [0.25, 0.3) is 11.7 Å². The summed E-state index contributed by atoms with van der Waals surface area (Å²) < 4.78 is 16.9. The van der Waals surface area contributed by atoms with Gasteiger partial charge in [-0.2, -0.15) is 0 Å². The summed E-state index contributed by atoms with van der Waals surface area (Å²) >= 11 is 0. The highest BCUT2D eigenvalue weighted by Crippen LogP contribution is 2.42. The molecule has 1 amide bonds. The second-order valence-corrected chi connectivity index (χ2v) is 9.97. The fraction of sp³-hybridized carbons (Fsp3) is 0.290. The first-order valence-corrected chi connectivity index (χ1v) is 12.7. The number of hydrogen-bond donors (Lipinski definition) is 1. The van der Waals surface area contributed by atoms with E-state index in [4.69, 9.17) is 14.2 Å². The van der Waals surface area contributed by atoms with Crippen LogP contribution in [0.5, 0.6) is 17.2 Å². The molecule has 2 atom stereocenters. The Morgan fingerprint density at radius 1 is 1.05 bits per heavy atom. The maximum absolute atomic E-state index is 13.4. The van der Waals surface area contributed by atoms with E-state index >= 15 is 0 Å². The lowest BCUT2D eigenvalue weighted by Gasteiger charge is -2.26. The number of ether oxygens (including phenoxy) is 3. The number of amides is 1. The largest absolute Gasteiger partial charge is 0.507 e. The molecule has 1 saturated heterocycles. The number of ketones is 1. The van der Waals surface area contributed by atoms with Gasteiger partial charge in [-0.3, -0.25) is 9.59 Å². The minimum Gasteiger partial charge on any atom is -0.507 e. The van der Waals surface area contributed by atoms with E-state index in [1.165, 1.54) is 4.90 Å². The average molecular weight is 514 g/mol. The lowest BCUT2D eigenvalue weighted by atomic mass is 9.94. The fourth-order valence-corrected chi connectivity index (χ4v) is 5.07. The zero-order valence-corrected chi connectivity index (χ0v) is 21.9. The van der Waals surface area contributed by atoms with Crippen LogP contribution in [0.25, 0.3) is 5.76 Å². The zero-order chi connectivity index (χ0) is 27.0. The minimum absolute atomic E-state index is 0.0423. The first-order chi connectivity index (χ1) is 18.2. The van der Waals surface area contributed by atoms with Crippen molar-refractivity contribution in [3.63, 3.8) is 0 Å². The van der Waals surface area contributed by atoms with Gasteiger partial charge in [0.2, 0.25) is 0 Å². The van der Waals surface area contributed by atoms with Crippen LogP contribution in [0.2, 0.25) is 0 Å². The highest BCUT2D eigenvalue weighted by Gasteiger charge is 2.46. The molecule has 0 saturated carbocycles. The number of rotatable bonds is 7. The molecule has 196 valence electrons. The molecule has 5 rings (SSSR count). The van der Waals surface area contributed by atoms with Crippen LogP contribution in [-0.2, 0) is 22.6 Å². The lowest BCUT2D eigenvalue weighted by molar-refractivity contribution is -0.140. The quantitative estimate of drug-likeness (QED) is 0.258. The maximum atomic E-state index is 13.4. The van der Waals surface area contributed by atoms with Gasteiger partial charge in [-0.1, -0.05) is 24.3 Å². The van der Waals surface area contributed by atoms with E-state index in [2.05, 4.69) is 0 Å². The van der Waals surface area contributed by atoms with Crippen LogP contribution < -0.4 is 14.2 Å². The molecule has 1 N–H and O–H groups in total. The normalized spacial score (nSPS) is 20.0. The van der Waals surface area contributed by atoms with Crippen molar-refractivity contribution in [1.82, 2.24) is 4.90 Å². The summed E-state index contributed by atoms with van der Waals surface area (Å²) in [6.45, 7) is 6.07. The fourth-order valence-electron chi connectivity index (χ4n) is 5.07. The SMILES string of the molecule is COc1cccc(C2/C(=C(/O)c3ccc4c(c3)CC(C)O4)C(=O)C(=O)N2Cc2ccc(OC(C)C)cc2)c1. The Morgan fingerprint density at radius 3 is 2.53 bits per heavy atom. The molecule has 0 radical (unpaired) electrons. The number of likely N-dealkylation sites (tertiary alicyclic amines) is 1. The van der Waals surface area contributed by atoms with Crippen molar-refractivity contribution in [2.75, 3.05) is 7.11 Å². The number of methoxy groups -OCH3 is 1. The van der Waals surface area contributed by atoms with E-state index in [9.17, 15) is 14.7 Å². The van der Waals surface area contributed by atoms with Gasteiger partial charge >= 0.3 is 0 Å². The number of fused-ring (bicyclic) bond motifs is 1. The van der Waals surface area contributed by atoms with E-state index in [0.29, 0.717) is 23.3 Å². The van der Waals surface area contributed by atoms with Crippen LogP contribution in [0.4, 0.5) is 0 Å². The molecule has 7 nitrogen and oxygen atoms in total. The lowest BCUT2D eigenvalue weighted by Crippen LogP contribution is -2.29. The van der Waals surface area contributed by atoms with Crippen molar-refractivity contribution in [1.29, 1.82) is 0 Å². The van der Waals surface area contributed by atoms with Gasteiger partial charge in [-0.05, 0) is 79.9 Å². The molecular formula is C31H31NO6. The molecule has 0 spiro atoms. The Kier molecular flexibility index (Phi) is 6.85. The van der Waals surface area contributed by atoms with Crippen molar-refractivity contribution in [3.05, 3.63) is 94.6 Å². The van der Waals surface area contributed by atoms with E-state index in [-0.39, 0.29) is 30.1 Å². The summed E-state index contributed by atoms with van der Waals surface area (Å²) in [6.07, 6.45) is 0.795. The average Bonchev–Trinajstić information content (AvgIpc) is 3.40. The standard InChI is InChI=1S/C31H31NO6/c1-18(2)37-24-11-8-20(9-12-24)17-32-28(21-6-5-7-25(16-21)36-4)27(30(34)31(32)35)29(33)22-10-13-26-23(15-22)14-19(3)38-26/h5-13,15-16,18-19,28,33H,14,17H2,1-4H3/b29-27-. The van der Waals surface area contributed by atoms with Gasteiger partial charge < -0.3 is 24.2 Å². The highest BCUT2D eigenvalue weighted by atomic mass is 16.5. The molecule has 1 fully saturated rings. The summed E-state index contributed by atoms with van der Waals surface area (Å²) in [6, 6.07) is 19.2. The van der Waals surface area contributed by atoms with Crippen molar-refractivity contribution in [2.45, 2.75) is 52.0 Å². The van der Waals surface area contributed by atoms with E-state index < -0.39 is 17.7 Å². The first kappa shape index (κ1) is 25.4. The Labute approximate surface area is 222 Å². The van der Waals surface area contributed by atoms with Gasteiger partial charge in [0.15, 0.2) is 0 Å². The molecule has 0 aromatic heterocycles. The first-order valence-electron chi connectivity index (χ1n) is 12.7. The third kappa shape index (κ3) is 4.84. The minimum atomic E-state index is -0.792. The van der Waals surface area contributed by atoms with Crippen molar-refractivity contribution in [3.8, 4) is 17.2 Å². The molecule has 2 heterocycles. The van der Waals surface area contributed by atoms with Gasteiger partial charge in [0, 0.05) is 18.5 Å². The van der Waals surface area contributed by atoms with E-state index in [1.807, 2.05) is 57.2 Å². The molecule has 2 aliphatic rings. The third-order valence-corrected chi connectivity index (χ3v) is 6.77. The smallest absolute Gasteiger partial charge is 0.295 e. The Bertz CT molecular complexity index is 1410. The topological polar surface area (TPSA) is 85.3 Å². The maximum Gasteiger partial charge on any atom is 0.295 e. The molecule has 38 heavy (non-hydrogen) atoms. The number of nitrogens with zero attached hydrogens (tertiary/aromatic N) is 1. The van der Waals surface area contributed by atoms with Crippen LogP contribution in [-0.4, -0.2) is 41.0 Å². The predicted molar refractivity (Wildman–Crippen MR) is 143 cm³/mol. The van der Waals surface area contributed by atoms with Gasteiger partial charge in [0.05, 0.1) is 24.8 Å². The number of hydrogen-bond acceptors (Lipinski definition) is 6. The van der Waals surface area contributed by atoms with Crippen LogP contribution in [0.15, 0.2) is 72.3 Å². The molecule has 7 heteroatoms. The number of benzene rings is 3. The van der Waals surface area contributed by atoms with Gasteiger partial charge in [-0.15, -0.1) is 0 Å². The summed E-state index contributed by atoms with van der Waals surface area (Å²) in [5.41, 5.74) is 2.98. The molecule has 3 aromatic rings. The van der Waals surface area contributed by atoms with Crippen LogP contribution >= 0.6 is 0 Å². The Hall–Kier alpha value is -4.26. The summed E-state index contributed by atoms with van der Waals surface area (Å²) in [5, 5.41) is 11.5. The summed E-state index contributed by atoms with van der Waals surface area (Å²) in [7, 11) is 1.56. The van der Waals surface area contributed by atoms with E-state index in [1.54, 1.807) is 37.4 Å². The molecule has 0 bridgehead atoms. The molecule has 3 aromatic carbocycles. The number of Topliss-reactive ketones (excluding diaryl/α,β-unsaturated/α-hetero) is 1. The number of carbonyl (C=O) groups is 2. The van der Waals surface area contributed by atoms with Crippen molar-refractivity contribution in [2.24, 2.45) is 0 Å². The number of carbonyl (C=O) groups excluding carboxylic acids is 2. The number of aliphatic hydroxyl groups is 1. The molecule has 0 aliphatic carbocycles. The molecule has 2 unspecified atom stereocenters. The zero-order valence-electron chi connectivity index (χ0n) is 21.9. The monoisotopic (exact) mass is 513 g/mol. The second kappa shape index (κ2) is 10.2. The third-order valence-electron chi connectivity index (χ3n) is 6.77. The highest BCUT2D eigenvalue weighted by molar-refractivity contribution is 6.46. The van der Waals surface area contributed by atoms with Crippen LogP contribution in [0, 0.1) is 0 Å². The van der Waals surface area contributed by atoms with E-state index in [0.717, 1.165) is 22.6 Å². The molecular weight excluding hydrogens is 482 g/mol. The summed E-state index contributed by atoms with van der Waals surface area (Å²) in [5.74, 6) is 0.489. The Morgan fingerprint density at radius 2 is 1.82 bits per heavy atom. The summed E-state index contributed by atoms with van der Waals surface area (Å²) in [4.78, 5) is 28.3. The predicted octanol–water partition coefficient (Wildman–Crippen LogP) is 5.43. The van der Waals surface area contributed by atoms with Crippen LogP contribution in [0.3, 0.4) is 0 Å². The van der Waals surface area contributed by atoms with Crippen molar-refractivity contribution < 1.29 is 28.9 Å². The Balaban J connectivity index is 1.57. The second-order valence-electron chi connectivity index (χ2n) is 9.97. The molecule has 2 aliphatic heterocycles. The van der Waals surface area contributed by atoms with Crippen molar-refractivity contribution >= 4 is 17.4 Å². The van der Waals surface area contributed by atoms with Gasteiger partial charge in [0.1, 0.15) is 29.1 Å². The number of aliphatic hydroxyl groups excluding tert-OH is 1. The van der Waals surface area contributed by atoms with Gasteiger partial charge in [-0.25, -0.2) is 0 Å².